The van der Waals surface area contributed by atoms with Gasteiger partial charge in [-0.15, -0.1) is 0 Å². The van der Waals surface area contributed by atoms with E-state index in [-0.39, 0.29) is 16.6 Å². The monoisotopic (exact) mass is 323 g/mol. The summed E-state index contributed by atoms with van der Waals surface area (Å²) in [5.74, 6) is 0.905. The summed E-state index contributed by atoms with van der Waals surface area (Å²) >= 11 is 0. The molecule has 0 aromatic heterocycles. The number of nitrogens with zero attached hydrogens (tertiary/aromatic N) is 1. The van der Waals surface area contributed by atoms with E-state index in [1.807, 2.05) is 0 Å². The standard InChI is InChI=1S/C22H29NO/c1-14(2)17-11-16-7-8-20-21(4,13-23)9-6-10-22(20,5)19(16)12-18(17)15(3)24/h11-12,14,20H,6-10H2,1-5H3/t20-,21+,22+/m0/s1. The molecule has 1 aromatic rings. The van der Waals surface area contributed by atoms with Crippen molar-refractivity contribution in [2.24, 2.45) is 11.3 Å². The van der Waals surface area contributed by atoms with Crippen LogP contribution in [0.2, 0.25) is 0 Å². The maximum Gasteiger partial charge on any atom is 0.160 e. The molecule has 3 atom stereocenters. The van der Waals surface area contributed by atoms with Crippen LogP contribution in [0, 0.1) is 22.7 Å². The minimum atomic E-state index is -0.238. The first-order valence-corrected chi connectivity index (χ1v) is 9.32. The van der Waals surface area contributed by atoms with Crippen LogP contribution in [0.4, 0.5) is 0 Å². The summed E-state index contributed by atoms with van der Waals surface area (Å²) < 4.78 is 0. The molecule has 1 aromatic carbocycles. The van der Waals surface area contributed by atoms with Crippen LogP contribution in [-0.4, -0.2) is 5.78 Å². The summed E-state index contributed by atoms with van der Waals surface area (Å²) in [5.41, 5.74) is 4.60. The fourth-order valence-corrected chi connectivity index (χ4v) is 5.45. The highest BCUT2D eigenvalue weighted by molar-refractivity contribution is 5.96. The summed E-state index contributed by atoms with van der Waals surface area (Å²) in [6.07, 6.45) is 5.34. The average Bonchev–Trinajstić information content (AvgIpc) is 2.53. The summed E-state index contributed by atoms with van der Waals surface area (Å²) in [6, 6.07) is 7.11. The zero-order valence-electron chi connectivity index (χ0n) is 15.7. The SMILES string of the molecule is CC(=O)c1cc2c(cc1C(C)C)CC[C@H]1[C@@](C)(C#N)CCC[C@]21C. The highest BCUT2D eigenvalue weighted by Crippen LogP contribution is 2.57. The van der Waals surface area contributed by atoms with Gasteiger partial charge in [-0.25, -0.2) is 0 Å². The molecule has 3 rings (SSSR count). The van der Waals surface area contributed by atoms with Crippen molar-refractivity contribution in [1.29, 1.82) is 5.26 Å². The number of carbonyl (C=O) groups is 1. The number of carbonyl (C=O) groups excluding carboxylic acids is 1. The molecule has 0 unspecified atom stereocenters. The molecule has 0 N–H and O–H groups in total. The zero-order valence-corrected chi connectivity index (χ0v) is 15.7. The Morgan fingerprint density at radius 2 is 2.00 bits per heavy atom. The predicted octanol–water partition coefficient (Wildman–Crippen LogP) is 5.55. The van der Waals surface area contributed by atoms with Gasteiger partial charge in [0.05, 0.1) is 11.5 Å². The molecule has 1 saturated carbocycles. The summed E-state index contributed by atoms with van der Waals surface area (Å²) in [5, 5.41) is 9.81. The second-order valence-corrected chi connectivity index (χ2v) is 8.70. The van der Waals surface area contributed by atoms with Gasteiger partial charge in [0.1, 0.15) is 0 Å². The van der Waals surface area contributed by atoms with Gasteiger partial charge in [0.2, 0.25) is 0 Å². The van der Waals surface area contributed by atoms with E-state index in [4.69, 9.17) is 0 Å². The van der Waals surface area contributed by atoms with Gasteiger partial charge in [-0.2, -0.15) is 5.26 Å². The molecule has 0 bridgehead atoms. The van der Waals surface area contributed by atoms with Crippen molar-refractivity contribution in [2.75, 3.05) is 0 Å². The molecule has 0 amide bonds. The van der Waals surface area contributed by atoms with Crippen molar-refractivity contribution >= 4 is 5.78 Å². The van der Waals surface area contributed by atoms with Crippen LogP contribution < -0.4 is 0 Å². The number of aryl methyl sites for hydroxylation is 1. The molecule has 0 radical (unpaired) electrons. The number of hydrogen-bond acceptors (Lipinski definition) is 2. The van der Waals surface area contributed by atoms with Crippen molar-refractivity contribution in [3.8, 4) is 6.07 Å². The number of rotatable bonds is 2. The lowest BCUT2D eigenvalue weighted by Crippen LogP contribution is -2.48. The Hall–Kier alpha value is -1.62. The molecular formula is C22H29NO. The second-order valence-electron chi connectivity index (χ2n) is 8.70. The van der Waals surface area contributed by atoms with Crippen LogP contribution in [0.5, 0.6) is 0 Å². The van der Waals surface area contributed by atoms with Gasteiger partial charge in [-0.05, 0) is 79.5 Å². The van der Waals surface area contributed by atoms with E-state index in [1.165, 1.54) is 16.7 Å². The number of benzene rings is 1. The molecule has 2 aliphatic carbocycles. The average molecular weight is 323 g/mol. The molecule has 0 heterocycles. The van der Waals surface area contributed by atoms with Crippen LogP contribution >= 0.6 is 0 Å². The third-order valence-electron chi connectivity index (χ3n) is 6.78. The Kier molecular flexibility index (Phi) is 4.11. The van der Waals surface area contributed by atoms with Crippen molar-refractivity contribution in [1.82, 2.24) is 0 Å². The summed E-state index contributed by atoms with van der Waals surface area (Å²) in [4.78, 5) is 12.3. The molecule has 2 heteroatoms. The first kappa shape index (κ1) is 17.2. The van der Waals surface area contributed by atoms with Crippen LogP contribution in [0.25, 0.3) is 0 Å². The van der Waals surface area contributed by atoms with E-state index >= 15 is 0 Å². The van der Waals surface area contributed by atoms with E-state index in [9.17, 15) is 10.1 Å². The Bertz CT molecular complexity index is 726. The van der Waals surface area contributed by atoms with Gasteiger partial charge in [0.15, 0.2) is 5.78 Å². The maximum absolute atomic E-state index is 12.3. The number of nitriles is 1. The molecule has 0 saturated heterocycles. The fourth-order valence-electron chi connectivity index (χ4n) is 5.45. The summed E-state index contributed by atoms with van der Waals surface area (Å²) in [7, 11) is 0. The normalized spacial score (nSPS) is 32.0. The smallest absolute Gasteiger partial charge is 0.160 e. The van der Waals surface area contributed by atoms with Gasteiger partial charge < -0.3 is 0 Å². The second kappa shape index (κ2) is 5.73. The topological polar surface area (TPSA) is 40.9 Å². The van der Waals surface area contributed by atoms with Gasteiger partial charge in [-0.3, -0.25) is 4.79 Å². The largest absolute Gasteiger partial charge is 0.295 e. The highest BCUT2D eigenvalue weighted by Gasteiger charge is 2.52. The molecule has 2 aliphatic rings. The van der Waals surface area contributed by atoms with Crippen LogP contribution in [0.15, 0.2) is 12.1 Å². The summed E-state index contributed by atoms with van der Waals surface area (Å²) in [6.45, 7) is 10.5. The number of Topliss-reactive ketones (excluding diaryl/α,β-unsaturated/α-hetero) is 1. The van der Waals surface area contributed by atoms with Crippen molar-refractivity contribution < 1.29 is 4.79 Å². The molecule has 0 spiro atoms. The zero-order chi connectivity index (χ0) is 17.7. The van der Waals surface area contributed by atoms with Crippen molar-refractivity contribution in [3.63, 3.8) is 0 Å². The third kappa shape index (κ3) is 2.41. The number of ketones is 1. The van der Waals surface area contributed by atoms with E-state index in [0.29, 0.717) is 11.8 Å². The molecule has 1 fully saturated rings. The molecule has 24 heavy (non-hydrogen) atoms. The molecule has 2 nitrogen and oxygen atoms in total. The first-order valence-electron chi connectivity index (χ1n) is 9.32. The van der Waals surface area contributed by atoms with E-state index in [1.54, 1.807) is 6.92 Å². The van der Waals surface area contributed by atoms with Gasteiger partial charge in [0.25, 0.3) is 0 Å². The Labute approximate surface area is 146 Å². The third-order valence-corrected chi connectivity index (χ3v) is 6.78. The minimum Gasteiger partial charge on any atom is -0.295 e. The van der Waals surface area contributed by atoms with Gasteiger partial charge >= 0.3 is 0 Å². The molecule has 128 valence electrons. The Morgan fingerprint density at radius 3 is 2.58 bits per heavy atom. The minimum absolute atomic E-state index is 0.0238. The first-order chi connectivity index (χ1) is 11.2. The Balaban J connectivity index is 2.19. The van der Waals surface area contributed by atoms with Crippen molar-refractivity contribution in [3.05, 3.63) is 34.4 Å². The van der Waals surface area contributed by atoms with Crippen LogP contribution in [-0.2, 0) is 11.8 Å². The number of fused-ring (bicyclic) bond motifs is 3. The molecule has 0 aliphatic heterocycles. The van der Waals surface area contributed by atoms with E-state index in [2.05, 4.69) is 45.9 Å². The fraction of sp³-hybridized carbons (Fsp3) is 0.636. The lowest BCUT2D eigenvalue weighted by molar-refractivity contribution is 0.0687. The van der Waals surface area contributed by atoms with Gasteiger partial charge in [-0.1, -0.05) is 33.3 Å². The lowest BCUT2D eigenvalue weighted by Gasteiger charge is -2.53. The quantitative estimate of drug-likeness (QED) is 0.670. The van der Waals surface area contributed by atoms with E-state index in [0.717, 1.165) is 37.7 Å². The molecular weight excluding hydrogens is 294 g/mol. The van der Waals surface area contributed by atoms with Crippen molar-refractivity contribution in [2.45, 2.75) is 78.1 Å². The van der Waals surface area contributed by atoms with Crippen LogP contribution in [0.3, 0.4) is 0 Å². The van der Waals surface area contributed by atoms with E-state index < -0.39 is 0 Å². The Morgan fingerprint density at radius 1 is 1.29 bits per heavy atom. The van der Waals surface area contributed by atoms with Gasteiger partial charge in [0, 0.05) is 5.56 Å². The predicted molar refractivity (Wildman–Crippen MR) is 97.3 cm³/mol. The van der Waals surface area contributed by atoms with Crippen LogP contribution in [0.1, 0.15) is 93.3 Å². The highest BCUT2D eigenvalue weighted by atomic mass is 16.1. The number of hydrogen-bond donors (Lipinski definition) is 0. The maximum atomic E-state index is 12.3. The lowest BCUT2D eigenvalue weighted by atomic mass is 9.50.